The first-order valence-electron chi connectivity index (χ1n) is 7.09. The molecular weight excluding hydrogens is 268 g/mol. The summed E-state index contributed by atoms with van der Waals surface area (Å²) in [4.78, 5) is 4.19. The van der Waals surface area contributed by atoms with Crippen LogP contribution in [0.25, 0.3) is 0 Å². The first-order chi connectivity index (χ1) is 9.72. The van der Waals surface area contributed by atoms with Crippen LogP contribution in [0.4, 0.5) is 0 Å². The predicted octanol–water partition coefficient (Wildman–Crippen LogP) is 4.33. The molecule has 2 nitrogen and oxygen atoms in total. The highest BCUT2D eigenvalue weighted by molar-refractivity contribution is 6.32. The summed E-state index contributed by atoms with van der Waals surface area (Å²) in [6, 6.07) is 10.5. The molecule has 1 heterocycles. The maximum absolute atomic E-state index is 6.48. The fourth-order valence-electron chi connectivity index (χ4n) is 2.30. The molecule has 0 aliphatic heterocycles. The van der Waals surface area contributed by atoms with Crippen LogP contribution in [0.15, 0.2) is 42.7 Å². The lowest BCUT2D eigenvalue weighted by Crippen LogP contribution is -2.24. The number of nitrogens with zero attached hydrogens (tertiary/aromatic N) is 1. The molecule has 0 saturated carbocycles. The number of hydrogen-bond acceptors (Lipinski definition) is 2. The van der Waals surface area contributed by atoms with Gasteiger partial charge in [-0.3, -0.25) is 4.98 Å². The molecule has 0 saturated heterocycles. The number of halogens is 1. The molecule has 106 valence electrons. The third-order valence-corrected chi connectivity index (χ3v) is 3.92. The van der Waals surface area contributed by atoms with Crippen molar-refractivity contribution in [2.45, 2.75) is 32.7 Å². The van der Waals surface area contributed by atoms with Crippen LogP contribution < -0.4 is 5.32 Å². The van der Waals surface area contributed by atoms with Gasteiger partial charge >= 0.3 is 0 Å². The van der Waals surface area contributed by atoms with Crippen LogP contribution in [0.3, 0.4) is 0 Å². The molecule has 0 amide bonds. The number of rotatable bonds is 6. The molecule has 3 heteroatoms. The van der Waals surface area contributed by atoms with Crippen LogP contribution in [0.1, 0.15) is 36.1 Å². The van der Waals surface area contributed by atoms with Crippen molar-refractivity contribution in [1.29, 1.82) is 0 Å². The van der Waals surface area contributed by atoms with Crippen molar-refractivity contribution in [3.8, 4) is 0 Å². The monoisotopic (exact) mass is 288 g/mol. The molecule has 2 aromatic rings. The summed E-state index contributed by atoms with van der Waals surface area (Å²) >= 11 is 6.48. The zero-order valence-corrected chi connectivity index (χ0v) is 12.8. The van der Waals surface area contributed by atoms with Crippen molar-refractivity contribution < 1.29 is 0 Å². The number of hydrogen-bond donors (Lipinski definition) is 1. The van der Waals surface area contributed by atoms with Gasteiger partial charge in [0.25, 0.3) is 0 Å². The standard InChI is InChI=1S/C17H21ClN2/c1-3-9-20-16(11-14-7-5-10-19-12-14)15-8-4-6-13(2)17(15)18/h4-8,10,12,16,20H,3,9,11H2,1-2H3. The molecule has 2 rings (SSSR count). The van der Waals surface area contributed by atoms with Crippen molar-refractivity contribution in [2.75, 3.05) is 6.54 Å². The zero-order chi connectivity index (χ0) is 14.4. The second-order valence-corrected chi connectivity index (χ2v) is 5.43. The van der Waals surface area contributed by atoms with E-state index in [1.54, 1.807) is 6.20 Å². The van der Waals surface area contributed by atoms with E-state index in [-0.39, 0.29) is 6.04 Å². The fourth-order valence-corrected chi connectivity index (χ4v) is 2.56. The van der Waals surface area contributed by atoms with E-state index >= 15 is 0 Å². The summed E-state index contributed by atoms with van der Waals surface area (Å²) in [5.74, 6) is 0. The highest BCUT2D eigenvalue weighted by Gasteiger charge is 2.15. The molecule has 1 unspecified atom stereocenters. The van der Waals surface area contributed by atoms with Crippen LogP contribution in [0, 0.1) is 6.92 Å². The SMILES string of the molecule is CCCNC(Cc1cccnc1)c1cccc(C)c1Cl. The van der Waals surface area contributed by atoms with Crippen molar-refractivity contribution in [1.82, 2.24) is 10.3 Å². The maximum atomic E-state index is 6.48. The van der Waals surface area contributed by atoms with Gasteiger partial charge in [0.2, 0.25) is 0 Å². The Balaban J connectivity index is 2.25. The molecule has 1 aromatic carbocycles. The van der Waals surface area contributed by atoms with E-state index in [1.165, 1.54) is 11.1 Å². The van der Waals surface area contributed by atoms with Crippen molar-refractivity contribution in [3.05, 3.63) is 64.4 Å². The quantitative estimate of drug-likeness (QED) is 0.856. The van der Waals surface area contributed by atoms with E-state index < -0.39 is 0 Å². The number of pyridine rings is 1. The summed E-state index contributed by atoms with van der Waals surface area (Å²) < 4.78 is 0. The smallest absolute Gasteiger partial charge is 0.0483 e. The summed E-state index contributed by atoms with van der Waals surface area (Å²) in [5.41, 5.74) is 3.52. The van der Waals surface area contributed by atoms with E-state index in [4.69, 9.17) is 11.6 Å². The summed E-state index contributed by atoms with van der Waals surface area (Å²) in [6.45, 7) is 5.20. The molecule has 20 heavy (non-hydrogen) atoms. The van der Waals surface area contributed by atoms with Crippen LogP contribution in [0.2, 0.25) is 5.02 Å². The molecule has 0 bridgehead atoms. The second kappa shape index (κ2) is 7.41. The Hall–Kier alpha value is -1.38. The third kappa shape index (κ3) is 3.81. The predicted molar refractivity (Wildman–Crippen MR) is 85.2 cm³/mol. The molecule has 0 radical (unpaired) electrons. The Kier molecular flexibility index (Phi) is 5.57. The highest BCUT2D eigenvalue weighted by Crippen LogP contribution is 2.28. The molecular formula is C17H21ClN2. The first-order valence-corrected chi connectivity index (χ1v) is 7.47. The molecule has 1 aromatic heterocycles. The third-order valence-electron chi connectivity index (χ3n) is 3.40. The Bertz CT molecular complexity index is 540. The largest absolute Gasteiger partial charge is 0.310 e. The summed E-state index contributed by atoms with van der Waals surface area (Å²) in [6.07, 6.45) is 5.73. The minimum Gasteiger partial charge on any atom is -0.310 e. The minimum absolute atomic E-state index is 0.228. The number of aromatic nitrogens is 1. The average Bonchev–Trinajstić information content (AvgIpc) is 2.48. The average molecular weight is 289 g/mol. The maximum Gasteiger partial charge on any atom is 0.0483 e. The van der Waals surface area contributed by atoms with Crippen molar-refractivity contribution in [3.63, 3.8) is 0 Å². The van der Waals surface area contributed by atoms with Gasteiger partial charge in [0.05, 0.1) is 0 Å². The van der Waals surface area contributed by atoms with Crippen molar-refractivity contribution in [2.24, 2.45) is 0 Å². The zero-order valence-electron chi connectivity index (χ0n) is 12.1. The van der Waals surface area contributed by atoms with Crippen LogP contribution in [-0.4, -0.2) is 11.5 Å². The fraction of sp³-hybridized carbons (Fsp3) is 0.353. The van der Waals surface area contributed by atoms with Crippen LogP contribution in [0.5, 0.6) is 0 Å². The summed E-state index contributed by atoms with van der Waals surface area (Å²) in [5, 5.41) is 4.46. The van der Waals surface area contributed by atoms with Crippen LogP contribution >= 0.6 is 11.6 Å². The Morgan fingerprint density at radius 1 is 1.25 bits per heavy atom. The van der Waals surface area contributed by atoms with Crippen LogP contribution in [-0.2, 0) is 6.42 Å². The molecule has 1 atom stereocenters. The Morgan fingerprint density at radius 2 is 2.10 bits per heavy atom. The molecule has 0 aliphatic carbocycles. The minimum atomic E-state index is 0.228. The molecule has 0 fully saturated rings. The first kappa shape index (κ1) is 15.0. The van der Waals surface area contributed by atoms with E-state index in [9.17, 15) is 0 Å². The normalized spacial score (nSPS) is 12.3. The van der Waals surface area contributed by atoms with Gasteiger partial charge in [-0.05, 0) is 49.1 Å². The van der Waals surface area contributed by atoms with Gasteiger partial charge in [0, 0.05) is 23.5 Å². The van der Waals surface area contributed by atoms with E-state index in [0.717, 1.165) is 30.0 Å². The lowest BCUT2D eigenvalue weighted by molar-refractivity contribution is 0.528. The summed E-state index contributed by atoms with van der Waals surface area (Å²) in [7, 11) is 0. The van der Waals surface area contributed by atoms with E-state index in [0.29, 0.717) is 0 Å². The number of benzene rings is 1. The Morgan fingerprint density at radius 3 is 2.80 bits per heavy atom. The van der Waals surface area contributed by atoms with E-state index in [1.807, 2.05) is 25.3 Å². The van der Waals surface area contributed by atoms with Gasteiger partial charge in [-0.2, -0.15) is 0 Å². The van der Waals surface area contributed by atoms with Gasteiger partial charge in [-0.15, -0.1) is 0 Å². The van der Waals surface area contributed by atoms with Gasteiger partial charge in [-0.25, -0.2) is 0 Å². The molecule has 0 aliphatic rings. The van der Waals surface area contributed by atoms with Gasteiger partial charge < -0.3 is 5.32 Å². The van der Waals surface area contributed by atoms with Gasteiger partial charge in [0.15, 0.2) is 0 Å². The second-order valence-electron chi connectivity index (χ2n) is 5.05. The van der Waals surface area contributed by atoms with Gasteiger partial charge in [-0.1, -0.05) is 42.8 Å². The highest BCUT2D eigenvalue weighted by atomic mass is 35.5. The molecule has 0 spiro atoms. The molecule has 1 N–H and O–H groups in total. The topological polar surface area (TPSA) is 24.9 Å². The lowest BCUT2D eigenvalue weighted by Gasteiger charge is -2.21. The number of nitrogens with one attached hydrogen (secondary N) is 1. The number of aryl methyl sites for hydroxylation is 1. The van der Waals surface area contributed by atoms with Gasteiger partial charge in [0.1, 0.15) is 0 Å². The van der Waals surface area contributed by atoms with Crippen molar-refractivity contribution >= 4 is 11.6 Å². The lowest BCUT2D eigenvalue weighted by atomic mass is 9.98. The Labute approximate surface area is 126 Å². The van der Waals surface area contributed by atoms with E-state index in [2.05, 4.69) is 35.4 Å².